The topological polar surface area (TPSA) is 64.6 Å². The van der Waals surface area contributed by atoms with Gasteiger partial charge in [0.2, 0.25) is 0 Å². The van der Waals surface area contributed by atoms with Crippen molar-refractivity contribution in [1.29, 1.82) is 0 Å². The molecule has 0 aromatic heterocycles. The Kier molecular flexibility index (Phi) is 3.13. The van der Waals surface area contributed by atoms with Gasteiger partial charge in [-0.1, -0.05) is 6.42 Å². The van der Waals surface area contributed by atoms with Gasteiger partial charge >= 0.3 is 6.09 Å². The average molecular weight is 159 g/mol. The number of hydrazine groups is 2. The maximum Gasteiger partial charge on any atom is 0.420 e. The van der Waals surface area contributed by atoms with E-state index in [4.69, 9.17) is 5.11 Å². The summed E-state index contributed by atoms with van der Waals surface area (Å²) in [5, 5.41) is 10.1. The summed E-state index contributed by atoms with van der Waals surface area (Å²) in [7, 11) is 0. The van der Waals surface area contributed by atoms with Crippen molar-refractivity contribution in [2.45, 2.75) is 19.3 Å². The normalized spacial score (nSPS) is 19.6. The molecule has 0 unspecified atom stereocenters. The van der Waals surface area contributed by atoms with Gasteiger partial charge in [0, 0.05) is 13.1 Å². The zero-order valence-electron chi connectivity index (χ0n) is 6.34. The minimum atomic E-state index is -1.05. The smallest absolute Gasteiger partial charge is 0.420 e. The number of hydrogen-bond donors (Lipinski definition) is 3. The molecule has 0 aromatic rings. The van der Waals surface area contributed by atoms with E-state index in [1.807, 2.05) is 5.01 Å². The maximum atomic E-state index is 10.0. The van der Waals surface area contributed by atoms with E-state index >= 15 is 0 Å². The molecule has 0 radical (unpaired) electrons. The Morgan fingerprint density at radius 3 is 2.45 bits per heavy atom. The van der Waals surface area contributed by atoms with Crippen molar-refractivity contribution in [3.05, 3.63) is 0 Å². The number of amides is 1. The minimum absolute atomic E-state index is 0.917. The molecule has 1 aliphatic heterocycles. The number of hydrogen-bond acceptors (Lipinski definition) is 3. The number of rotatable bonds is 2. The van der Waals surface area contributed by atoms with Gasteiger partial charge in [0.05, 0.1) is 0 Å². The molecule has 64 valence electrons. The molecule has 3 N–H and O–H groups in total. The third-order valence-corrected chi connectivity index (χ3v) is 1.68. The molecule has 1 aliphatic rings. The van der Waals surface area contributed by atoms with Gasteiger partial charge in [0.25, 0.3) is 0 Å². The van der Waals surface area contributed by atoms with Crippen LogP contribution < -0.4 is 11.0 Å². The van der Waals surface area contributed by atoms with Crippen molar-refractivity contribution in [3.63, 3.8) is 0 Å². The number of nitrogens with zero attached hydrogens (tertiary/aromatic N) is 1. The van der Waals surface area contributed by atoms with Crippen molar-refractivity contribution in [2.24, 2.45) is 0 Å². The lowest BCUT2D eigenvalue weighted by molar-refractivity contribution is 0.113. The van der Waals surface area contributed by atoms with E-state index in [2.05, 4.69) is 11.0 Å². The molecule has 1 amide bonds. The monoisotopic (exact) mass is 159 g/mol. The molecule has 5 nitrogen and oxygen atoms in total. The molecule has 0 aromatic carbocycles. The average Bonchev–Trinajstić information content (AvgIpc) is 2.03. The SMILES string of the molecule is O=C(O)NNN1CCCCC1. The Bertz CT molecular complexity index is 134. The molecule has 1 rings (SSSR count). The molecule has 1 fully saturated rings. The van der Waals surface area contributed by atoms with Gasteiger partial charge in [-0.25, -0.2) is 15.2 Å². The van der Waals surface area contributed by atoms with E-state index in [9.17, 15) is 4.79 Å². The molecule has 1 saturated heterocycles. The van der Waals surface area contributed by atoms with Gasteiger partial charge in [-0.3, -0.25) is 0 Å². The molecule has 1 heterocycles. The zero-order chi connectivity index (χ0) is 8.10. The van der Waals surface area contributed by atoms with Gasteiger partial charge < -0.3 is 5.11 Å². The fourth-order valence-corrected chi connectivity index (χ4v) is 1.13. The standard InChI is InChI=1S/C6H13N3O2/c10-6(11)7-8-9-4-2-1-3-5-9/h7-8H,1-5H2,(H,10,11). The highest BCUT2D eigenvalue weighted by atomic mass is 16.4. The van der Waals surface area contributed by atoms with Crippen molar-refractivity contribution >= 4 is 6.09 Å². The number of piperidine rings is 1. The van der Waals surface area contributed by atoms with E-state index in [0.717, 1.165) is 25.9 Å². The van der Waals surface area contributed by atoms with Crippen LogP contribution in [0.2, 0.25) is 0 Å². The summed E-state index contributed by atoms with van der Waals surface area (Å²) in [5.74, 6) is 0. The van der Waals surface area contributed by atoms with Gasteiger partial charge in [-0.15, -0.1) is 0 Å². The molecule has 0 saturated carbocycles. The van der Waals surface area contributed by atoms with Crippen molar-refractivity contribution in [3.8, 4) is 0 Å². The highest BCUT2D eigenvalue weighted by Gasteiger charge is 2.09. The van der Waals surface area contributed by atoms with Crippen LogP contribution in [-0.2, 0) is 0 Å². The lowest BCUT2D eigenvalue weighted by Gasteiger charge is -2.26. The van der Waals surface area contributed by atoms with Crippen LogP contribution in [0.25, 0.3) is 0 Å². The summed E-state index contributed by atoms with van der Waals surface area (Å²) in [6.07, 6.45) is 2.46. The molecule has 11 heavy (non-hydrogen) atoms. The largest absolute Gasteiger partial charge is 0.464 e. The molecule has 0 aliphatic carbocycles. The molecular formula is C6H13N3O2. The van der Waals surface area contributed by atoms with Crippen LogP contribution in [0.3, 0.4) is 0 Å². The molecule has 0 atom stereocenters. The quantitative estimate of drug-likeness (QED) is 0.502. The van der Waals surface area contributed by atoms with E-state index in [0.29, 0.717) is 0 Å². The summed E-state index contributed by atoms with van der Waals surface area (Å²) < 4.78 is 0. The Hall–Kier alpha value is -0.810. The number of carboxylic acid groups (broad SMARTS) is 1. The second kappa shape index (κ2) is 4.15. The molecular weight excluding hydrogens is 146 g/mol. The molecule has 0 spiro atoms. The van der Waals surface area contributed by atoms with Crippen molar-refractivity contribution in [2.75, 3.05) is 13.1 Å². The number of carbonyl (C=O) groups is 1. The van der Waals surface area contributed by atoms with Gasteiger partial charge in [-0.2, -0.15) is 5.53 Å². The Morgan fingerprint density at radius 1 is 1.27 bits per heavy atom. The van der Waals surface area contributed by atoms with Crippen LogP contribution in [0.15, 0.2) is 0 Å². The second-order valence-electron chi connectivity index (χ2n) is 2.59. The minimum Gasteiger partial charge on any atom is -0.464 e. The van der Waals surface area contributed by atoms with E-state index < -0.39 is 6.09 Å². The fourth-order valence-electron chi connectivity index (χ4n) is 1.13. The fraction of sp³-hybridized carbons (Fsp3) is 0.833. The zero-order valence-corrected chi connectivity index (χ0v) is 6.34. The molecule has 5 heteroatoms. The summed E-state index contributed by atoms with van der Waals surface area (Å²) in [6.45, 7) is 1.83. The maximum absolute atomic E-state index is 10.0. The first-order chi connectivity index (χ1) is 5.29. The van der Waals surface area contributed by atoms with Gasteiger partial charge in [-0.05, 0) is 12.8 Å². The third-order valence-electron chi connectivity index (χ3n) is 1.68. The van der Waals surface area contributed by atoms with Gasteiger partial charge in [0.1, 0.15) is 0 Å². The van der Waals surface area contributed by atoms with Crippen LogP contribution in [0, 0.1) is 0 Å². The lowest BCUT2D eigenvalue weighted by atomic mass is 10.2. The predicted octanol–water partition coefficient (Wildman–Crippen LogP) is 0.159. The van der Waals surface area contributed by atoms with E-state index in [-0.39, 0.29) is 0 Å². The van der Waals surface area contributed by atoms with E-state index in [1.54, 1.807) is 0 Å². The van der Waals surface area contributed by atoms with Crippen LogP contribution in [0.4, 0.5) is 4.79 Å². The lowest BCUT2D eigenvalue weighted by Crippen LogP contribution is -2.50. The number of nitrogens with one attached hydrogen (secondary N) is 2. The highest BCUT2D eigenvalue weighted by Crippen LogP contribution is 2.04. The third kappa shape index (κ3) is 3.20. The predicted molar refractivity (Wildman–Crippen MR) is 39.7 cm³/mol. The van der Waals surface area contributed by atoms with Crippen LogP contribution in [0.1, 0.15) is 19.3 Å². The summed E-state index contributed by atoms with van der Waals surface area (Å²) in [5.41, 5.74) is 4.71. The summed E-state index contributed by atoms with van der Waals surface area (Å²) in [6, 6.07) is 0. The van der Waals surface area contributed by atoms with Crippen molar-refractivity contribution < 1.29 is 9.90 Å². The first-order valence-electron chi connectivity index (χ1n) is 3.78. The Labute approximate surface area is 65.3 Å². The van der Waals surface area contributed by atoms with Crippen LogP contribution in [-0.4, -0.2) is 29.3 Å². The second-order valence-corrected chi connectivity index (χ2v) is 2.59. The van der Waals surface area contributed by atoms with Crippen molar-refractivity contribution in [1.82, 2.24) is 16.0 Å². The first-order valence-corrected chi connectivity index (χ1v) is 3.78. The Morgan fingerprint density at radius 2 is 1.91 bits per heavy atom. The summed E-state index contributed by atoms with van der Waals surface area (Å²) in [4.78, 5) is 10.0. The van der Waals surface area contributed by atoms with Crippen LogP contribution in [0.5, 0.6) is 0 Å². The summed E-state index contributed by atoms with van der Waals surface area (Å²) >= 11 is 0. The highest BCUT2D eigenvalue weighted by molar-refractivity contribution is 5.63. The first kappa shape index (κ1) is 8.29. The Balaban J connectivity index is 2.09. The van der Waals surface area contributed by atoms with E-state index in [1.165, 1.54) is 6.42 Å². The van der Waals surface area contributed by atoms with Gasteiger partial charge in [0.15, 0.2) is 0 Å². The van der Waals surface area contributed by atoms with Crippen LogP contribution >= 0.6 is 0 Å². The molecule has 0 bridgehead atoms.